The maximum Gasteiger partial charge on any atom is 0.191 e. The standard InChI is InChI=1S/C19H31Cl2N5/c1-4-22-19(24-13-16-5-6-17(20)11-18(16)21)23-12-15(2)14-26-9-7-25(3)8-10-26/h5-6,11,15H,4,7-10,12-14H2,1-3H3,(H2,22,23,24). The quantitative estimate of drug-likeness (QED) is 0.546. The second kappa shape index (κ2) is 11.0. The molecule has 0 saturated carbocycles. The van der Waals surface area contributed by atoms with E-state index >= 15 is 0 Å². The Morgan fingerprint density at radius 3 is 2.58 bits per heavy atom. The number of aliphatic imine (C=N–C) groups is 1. The molecule has 7 heteroatoms. The van der Waals surface area contributed by atoms with Gasteiger partial charge in [0.1, 0.15) is 0 Å². The number of piperazine rings is 1. The Balaban J connectivity index is 1.82. The Hall–Kier alpha value is -1.01. The van der Waals surface area contributed by atoms with Crippen LogP contribution >= 0.6 is 23.2 Å². The first-order valence-corrected chi connectivity index (χ1v) is 10.1. The minimum absolute atomic E-state index is 0.526. The number of nitrogens with one attached hydrogen (secondary N) is 2. The molecule has 1 saturated heterocycles. The molecule has 1 aliphatic heterocycles. The highest BCUT2D eigenvalue weighted by molar-refractivity contribution is 6.35. The van der Waals surface area contributed by atoms with Gasteiger partial charge in [-0.25, -0.2) is 4.99 Å². The number of guanidine groups is 1. The van der Waals surface area contributed by atoms with Gasteiger partial charge in [-0.1, -0.05) is 36.2 Å². The van der Waals surface area contributed by atoms with Crippen LogP contribution in [0.4, 0.5) is 0 Å². The number of nitrogens with zero attached hydrogens (tertiary/aromatic N) is 3. The highest BCUT2D eigenvalue weighted by Crippen LogP contribution is 2.21. The van der Waals surface area contributed by atoms with E-state index in [-0.39, 0.29) is 0 Å². The van der Waals surface area contributed by atoms with Gasteiger partial charge in [0.25, 0.3) is 0 Å². The van der Waals surface area contributed by atoms with Crippen molar-refractivity contribution in [3.05, 3.63) is 33.8 Å². The van der Waals surface area contributed by atoms with Gasteiger partial charge in [-0.15, -0.1) is 0 Å². The highest BCUT2D eigenvalue weighted by Gasteiger charge is 2.16. The van der Waals surface area contributed by atoms with Gasteiger partial charge >= 0.3 is 0 Å². The molecule has 1 aliphatic rings. The average Bonchev–Trinajstić information content (AvgIpc) is 2.60. The van der Waals surface area contributed by atoms with Gasteiger partial charge in [-0.3, -0.25) is 0 Å². The lowest BCUT2D eigenvalue weighted by Gasteiger charge is -2.34. The molecule has 1 aromatic rings. The van der Waals surface area contributed by atoms with Crippen molar-refractivity contribution in [1.82, 2.24) is 20.4 Å². The molecule has 1 unspecified atom stereocenters. The highest BCUT2D eigenvalue weighted by atomic mass is 35.5. The van der Waals surface area contributed by atoms with E-state index in [1.54, 1.807) is 6.07 Å². The van der Waals surface area contributed by atoms with E-state index in [0.29, 0.717) is 22.5 Å². The summed E-state index contributed by atoms with van der Waals surface area (Å²) in [4.78, 5) is 9.58. The normalized spacial score (nSPS) is 18.0. The number of hydrogen-bond donors (Lipinski definition) is 2. The number of likely N-dealkylation sites (N-methyl/N-ethyl adjacent to an activating group) is 1. The second-order valence-electron chi connectivity index (χ2n) is 7.02. The van der Waals surface area contributed by atoms with Crippen molar-refractivity contribution < 1.29 is 0 Å². The zero-order valence-corrected chi connectivity index (χ0v) is 17.6. The van der Waals surface area contributed by atoms with Crippen LogP contribution in [-0.4, -0.2) is 68.6 Å². The van der Waals surface area contributed by atoms with E-state index in [4.69, 9.17) is 23.2 Å². The van der Waals surface area contributed by atoms with E-state index in [9.17, 15) is 0 Å². The minimum Gasteiger partial charge on any atom is -0.357 e. The third kappa shape index (κ3) is 7.31. The van der Waals surface area contributed by atoms with E-state index in [2.05, 4.69) is 46.3 Å². The first kappa shape index (κ1) is 21.3. The molecule has 26 heavy (non-hydrogen) atoms. The van der Waals surface area contributed by atoms with Gasteiger partial charge in [-0.05, 0) is 37.6 Å². The average molecular weight is 400 g/mol. The van der Waals surface area contributed by atoms with Crippen molar-refractivity contribution in [2.24, 2.45) is 10.9 Å². The summed E-state index contributed by atoms with van der Waals surface area (Å²) in [6.45, 7) is 12.3. The van der Waals surface area contributed by atoms with Gasteiger partial charge in [0.15, 0.2) is 5.96 Å². The fraction of sp³-hybridized carbons (Fsp3) is 0.632. The molecule has 0 spiro atoms. The zero-order valence-electron chi connectivity index (χ0n) is 16.1. The number of benzene rings is 1. The maximum atomic E-state index is 6.23. The number of halogens is 2. The Bertz CT molecular complexity index is 585. The predicted molar refractivity (Wildman–Crippen MR) is 112 cm³/mol. The van der Waals surface area contributed by atoms with Crippen LogP contribution < -0.4 is 10.6 Å². The van der Waals surface area contributed by atoms with Gasteiger partial charge in [0, 0.05) is 55.9 Å². The summed E-state index contributed by atoms with van der Waals surface area (Å²) in [6.07, 6.45) is 0. The van der Waals surface area contributed by atoms with Crippen LogP contribution in [-0.2, 0) is 6.54 Å². The van der Waals surface area contributed by atoms with E-state index in [1.807, 2.05) is 12.1 Å². The molecule has 146 valence electrons. The molecule has 0 aromatic heterocycles. The molecule has 1 atom stereocenters. The van der Waals surface area contributed by atoms with Crippen LogP contribution in [0.2, 0.25) is 10.0 Å². The molecular weight excluding hydrogens is 369 g/mol. The van der Waals surface area contributed by atoms with Gasteiger partial charge < -0.3 is 20.4 Å². The van der Waals surface area contributed by atoms with Gasteiger partial charge in [0.05, 0.1) is 6.54 Å². The van der Waals surface area contributed by atoms with Crippen molar-refractivity contribution in [2.75, 3.05) is 52.9 Å². The molecule has 0 radical (unpaired) electrons. The fourth-order valence-electron chi connectivity index (χ4n) is 2.96. The van der Waals surface area contributed by atoms with Gasteiger partial charge in [-0.2, -0.15) is 0 Å². The Morgan fingerprint density at radius 2 is 1.92 bits per heavy atom. The van der Waals surface area contributed by atoms with E-state index in [1.165, 1.54) is 0 Å². The Kier molecular flexibility index (Phi) is 8.99. The Labute approximate surface area is 167 Å². The molecule has 0 aliphatic carbocycles. The topological polar surface area (TPSA) is 42.9 Å². The monoisotopic (exact) mass is 399 g/mol. The smallest absolute Gasteiger partial charge is 0.191 e. The molecular formula is C19H31Cl2N5. The molecule has 0 bridgehead atoms. The summed E-state index contributed by atoms with van der Waals surface area (Å²) in [5.41, 5.74) is 0.971. The Morgan fingerprint density at radius 1 is 1.19 bits per heavy atom. The SMILES string of the molecule is CCNC(=NCc1ccc(Cl)cc1Cl)NCC(C)CN1CCN(C)CC1. The van der Waals surface area contributed by atoms with Crippen LogP contribution in [0.1, 0.15) is 19.4 Å². The predicted octanol–water partition coefficient (Wildman–Crippen LogP) is 2.93. The van der Waals surface area contributed by atoms with E-state index < -0.39 is 0 Å². The minimum atomic E-state index is 0.526. The third-order valence-corrected chi connectivity index (χ3v) is 5.14. The molecule has 1 fully saturated rings. The van der Waals surface area contributed by atoms with Crippen LogP contribution in [0.15, 0.2) is 23.2 Å². The third-order valence-electron chi connectivity index (χ3n) is 4.55. The first-order chi connectivity index (χ1) is 12.5. The van der Waals surface area contributed by atoms with E-state index in [0.717, 1.165) is 57.3 Å². The summed E-state index contributed by atoms with van der Waals surface area (Å²) in [5.74, 6) is 1.38. The van der Waals surface area contributed by atoms with Crippen LogP contribution in [0, 0.1) is 5.92 Å². The first-order valence-electron chi connectivity index (χ1n) is 9.35. The lowest BCUT2D eigenvalue weighted by Crippen LogP contribution is -2.47. The molecule has 2 N–H and O–H groups in total. The lowest BCUT2D eigenvalue weighted by atomic mass is 10.1. The zero-order chi connectivity index (χ0) is 18.9. The largest absolute Gasteiger partial charge is 0.357 e. The number of rotatable bonds is 7. The van der Waals surface area contributed by atoms with Crippen molar-refractivity contribution in [3.8, 4) is 0 Å². The van der Waals surface area contributed by atoms with Crippen LogP contribution in [0.5, 0.6) is 0 Å². The lowest BCUT2D eigenvalue weighted by molar-refractivity contribution is 0.139. The van der Waals surface area contributed by atoms with Crippen molar-refractivity contribution in [1.29, 1.82) is 0 Å². The van der Waals surface area contributed by atoms with Crippen molar-refractivity contribution >= 4 is 29.2 Å². The molecule has 5 nitrogen and oxygen atoms in total. The maximum absolute atomic E-state index is 6.23. The fourth-order valence-corrected chi connectivity index (χ4v) is 3.43. The van der Waals surface area contributed by atoms with Crippen molar-refractivity contribution in [2.45, 2.75) is 20.4 Å². The summed E-state index contributed by atoms with van der Waals surface area (Å²) < 4.78 is 0. The second-order valence-corrected chi connectivity index (χ2v) is 7.86. The summed E-state index contributed by atoms with van der Waals surface area (Å²) in [7, 11) is 2.19. The van der Waals surface area contributed by atoms with Crippen LogP contribution in [0.25, 0.3) is 0 Å². The van der Waals surface area contributed by atoms with Crippen LogP contribution in [0.3, 0.4) is 0 Å². The summed E-state index contributed by atoms with van der Waals surface area (Å²) in [5, 5.41) is 8.05. The number of hydrogen-bond acceptors (Lipinski definition) is 3. The summed E-state index contributed by atoms with van der Waals surface area (Å²) >= 11 is 12.2. The molecule has 1 heterocycles. The van der Waals surface area contributed by atoms with Crippen molar-refractivity contribution in [3.63, 3.8) is 0 Å². The molecule has 1 aromatic carbocycles. The summed E-state index contributed by atoms with van der Waals surface area (Å²) in [6, 6.07) is 5.52. The van der Waals surface area contributed by atoms with Gasteiger partial charge in [0.2, 0.25) is 0 Å². The molecule has 0 amide bonds. The molecule has 2 rings (SSSR count).